The number of carbonyl (C=O) groups excluding carboxylic acids is 1. The molecule has 0 aliphatic carbocycles. The van der Waals surface area contributed by atoms with Crippen LogP contribution in [-0.2, 0) is 13.6 Å². The predicted octanol–water partition coefficient (Wildman–Crippen LogP) is 5.27. The molecule has 0 atom stereocenters. The van der Waals surface area contributed by atoms with E-state index in [1.165, 1.54) is 12.1 Å². The van der Waals surface area contributed by atoms with E-state index in [-0.39, 0.29) is 12.5 Å². The van der Waals surface area contributed by atoms with Crippen molar-refractivity contribution in [2.75, 3.05) is 0 Å². The molecule has 0 saturated heterocycles. The summed E-state index contributed by atoms with van der Waals surface area (Å²) >= 11 is 0. The van der Waals surface area contributed by atoms with E-state index in [2.05, 4.69) is 20.4 Å². The molecule has 3 aromatic heterocycles. The molecule has 2 N–H and O–H groups in total. The first-order chi connectivity index (χ1) is 16.9. The van der Waals surface area contributed by atoms with Crippen LogP contribution >= 0.6 is 0 Å². The molecule has 176 valence electrons. The van der Waals surface area contributed by atoms with Crippen molar-refractivity contribution in [2.45, 2.75) is 13.5 Å². The van der Waals surface area contributed by atoms with Crippen molar-refractivity contribution < 1.29 is 18.3 Å². The van der Waals surface area contributed by atoms with Gasteiger partial charge in [0.1, 0.15) is 28.8 Å². The second-order valence-corrected chi connectivity index (χ2v) is 8.13. The minimum Gasteiger partial charge on any atom is -0.456 e. The zero-order valence-electron chi connectivity index (χ0n) is 19.0. The molecule has 0 aliphatic rings. The lowest BCUT2D eigenvalue weighted by atomic mass is 10.1. The second-order valence-electron chi connectivity index (χ2n) is 8.13. The monoisotopic (exact) mass is 473 g/mol. The minimum absolute atomic E-state index is 0.0131. The number of amides is 1. The Balaban J connectivity index is 1.42. The average molecular weight is 473 g/mol. The van der Waals surface area contributed by atoms with E-state index in [1.54, 1.807) is 48.3 Å². The van der Waals surface area contributed by atoms with Gasteiger partial charge in [-0.25, -0.2) is 13.8 Å². The molecule has 5 rings (SSSR count). The highest BCUT2D eigenvalue weighted by Gasteiger charge is 2.17. The van der Waals surface area contributed by atoms with Gasteiger partial charge < -0.3 is 15.0 Å². The molecule has 9 heteroatoms. The second kappa shape index (κ2) is 9.02. The lowest BCUT2D eigenvalue weighted by molar-refractivity contribution is 0.0950. The SMILES string of the molecule is Cc1c(Oc2ccnc3[nH]cc(-c4cnn(C)c4)c23)cccc1C(=O)NCc1cc(F)cc(F)c1. The molecule has 0 unspecified atom stereocenters. The molecule has 5 aromatic rings. The number of pyridine rings is 1. The van der Waals surface area contributed by atoms with Crippen LogP contribution in [0.1, 0.15) is 21.5 Å². The number of hydrogen-bond donors (Lipinski definition) is 2. The van der Waals surface area contributed by atoms with Crippen LogP contribution in [0.3, 0.4) is 0 Å². The van der Waals surface area contributed by atoms with E-state index in [0.29, 0.717) is 33.8 Å². The van der Waals surface area contributed by atoms with Gasteiger partial charge in [-0.05, 0) is 42.8 Å². The van der Waals surface area contributed by atoms with Gasteiger partial charge in [0.2, 0.25) is 0 Å². The lowest BCUT2D eigenvalue weighted by Crippen LogP contribution is -2.23. The molecule has 1 amide bonds. The van der Waals surface area contributed by atoms with Crippen molar-refractivity contribution in [2.24, 2.45) is 7.05 Å². The lowest BCUT2D eigenvalue weighted by Gasteiger charge is -2.14. The van der Waals surface area contributed by atoms with Gasteiger partial charge in [0.05, 0.1) is 11.6 Å². The third-order valence-electron chi connectivity index (χ3n) is 5.68. The number of benzene rings is 2. The molecule has 0 aliphatic heterocycles. The molecule has 0 spiro atoms. The molecule has 0 fully saturated rings. The number of carbonyl (C=O) groups is 1. The van der Waals surface area contributed by atoms with Crippen molar-refractivity contribution in [3.63, 3.8) is 0 Å². The van der Waals surface area contributed by atoms with Gasteiger partial charge in [0.25, 0.3) is 5.91 Å². The van der Waals surface area contributed by atoms with E-state index in [4.69, 9.17) is 4.74 Å². The van der Waals surface area contributed by atoms with Crippen molar-refractivity contribution in [3.8, 4) is 22.6 Å². The summed E-state index contributed by atoms with van der Waals surface area (Å²) in [7, 11) is 1.85. The molecular weight excluding hydrogens is 452 g/mol. The average Bonchev–Trinajstić information content (AvgIpc) is 3.45. The number of H-pyrrole nitrogens is 1. The van der Waals surface area contributed by atoms with Crippen molar-refractivity contribution in [1.82, 2.24) is 25.1 Å². The van der Waals surface area contributed by atoms with E-state index in [0.717, 1.165) is 22.6 Å². The smallest absolute Gasteiger partial charge is 0.251 e. The quantitative estimate of drug-likeness (QED) is 0.352. The summed E-state index contributed by atoms with van der Waals surface area (Å²) in [5, 5.41) is 7.74. The van der Waals surface area contributed by atoms with E-state index < -0.39 is 11.6 Å². The van der Waals surface area contributed by atoms with E-state index >= 15 is 0 Å². The normalized spacial score (nSPS) is 11.1. The van der Waals surface area contributed by atoms with Crippen LogP contribution in [0.5, 0.6) is 11.5 Å². The summed E-state index contributed by atoms with van der Waals surface area (Å²) in [4.78, 5) is 20.4. The molecule has 2 aromatic carbocycles. The van der Waals surface area contributed by atoms with Gasteiger partial charge in [-0.15, -0.1) is 0 Å². The maximum atomic E-state index is 13.4. The molecule has 0 saturated carbocycles. The van der Waals surface area contributed by atoms with Crippen LogP contribution in [0.25, 0.3) is 22.2 Å². The number of hydrogen-bond acceptors (Lipinski definition) is 4. The zero-order valence-corrected chi connectivity index (χ0v) is 19.0. The standard InChI is InChI=1S/C26H21F2N5O2/c1-15-20(26(34)31-11-16-8-18(27)10-19(28)9-16)4-3-5-22(15)35-23-6-7-29-25-24(23)21(13-30-25)17-12-32-33(2)14-17/h3-10,12-14H,11H2,1-2H3,(H,29,30)(H,31,34). The van der Waals surface area contributed by atoms with Crippen molar-refractivity contribution in [3.05, 3.63) is 95.6 Å². The first kappa shape index (κ1) is 22.3. The Kier molecular flexibility index (Phi) is 5.74. The Morgan fingerprint density at radius 1 is 1.14 bits per heavy atom. The highest BCUT2D eigenvalue weighted by molar-refractivity contribution is 5.98. The number of ether oxygens (including phenoxy) is 1. The highest BCUT2D eigenvalue weighted by Crippen LogP contribution is 2.37. The first-order valence-corrected chi connectivity index (χ1v) is 10.8. The number of aromatic nitrogens is 4. The first-order valence-electron chi connectivity index (χ1n) is 10.8. The fraction of sp³-hybridized carbons (Fsp3) is 0.115. The van der Waals surface area contributed by atoms with E-state index in [9.17, 15) is 13.6 Å². The van der Waals surface area contributed by atoms with Crippen molar-refractivity contribution in [1.29, 1.82) is 0 Å². The number of rotatable bonds is 6. The molecule has 0 bridgehead atoms. The van der Waals surface area contributed by atoms with Gasteiger partial charge in [0, 0.05) is 60.5 Å². The van der Waals surface area contributed by atoms with Gasteiger partial charge >= 0.3 is 0 Å². The summed E-state index contributed by atoms with van der Waals surface area (Å²) in [6.07, 6.45) is 7.17. The molecule has 0 radical (unpaired) electrons. The Hall–Kier alpha value is -4.53. The van der Waals surface area contributed by atoms with Crippen LogP contribution in [0.15, 0.2) is 67.3 Å². The van der Waals surface area contributed by atoms with Gasteiger partial charge in [0.15, 0.2) is 0 Å². The van der Waals surface area contributed by atoms with E-state index in [1.807, 2.05) is 19.4 Å². The Bertz CT molecular complexity index is 1540. The van der Waals surface area contributed by atoms with Crippen LogP contribution in [0, 0.1) is 18.6 Å². The largest absolute Gasteiger partial charge is 0.456 e. The summed E-state index contributed by atoms with van der Waals surface area (Å²) in [5.74, 6) is -0.693. The molecule has 35 heavy (non-hydrogen) atoms. The highest BCUT2D eigenvalue weighted by atomic mass is 19.1. The fourth-order valence-electron chi connectivity index (χ4n) is 3.98. The number of halogens is 2. The van der Waals surface area contributed by atoms with Crippen molar-refractivity contribution >= 4 is 16.9 Å². The summed E-state index contributed by atoms with van der Waals surface area (Å²) in [6, 6.07) is 10.1. The Morgan fingerprint density at radius 2 is 1.94 bits per heavy atom. The molecule has 7 nitrogen and oxygen atoms in total. The summed E-state index contributed by atoms with van der Waals surface area (Å²) in [5.41, 5.74) is 3.82. The van der Waals surface area contributed by atoms with Gasteiger partial charge in [-0.3, -0.25) is 9.48 Å². The topological polar surface area (TPSA) is 84.8 Å². The number of nitrogens with one attached hydrogen (secondary N) is 2. The van der Waals surface area contributed by atoms with Crippen LogP contribution in [0.4, 0.5) is 8.78 Å². The molecule has 3 heterocycles. The third kappa shape index (κ3) is 4.48. The number of nitrogens with zero attached hydrogens (tertiary/aromatic N) is 3. The zero-order chi connectivity index (χ0) is 24.5. The van der Waals surface area contributed by atoms with Crippen LogP contribution in [0.2, 0.25) is 0 Å². The predicted molar refractivity (Wildman–Crippen MR) is 127 cm³/mol. The maximum Gasteiger partial charge on any atom is 0.251 e. The summed E-state index contributed by atoms with van der Waals surface area (Å²) < 4.78 is 34.9. The Labute approximate surface area is 199 Å². The maximum absolute atomic E-state index is 13.4. The minimum atomic E-state index is -0.695. The Morgan fingerprint density at radius 3 is 2.69 bits per heavy atom. The number of aryl methyl sites for hydroxylation is 1. The van der Waals surface area contributed by atoms with Gasteiger partial charge in [-0.1, -0.05) is 6.07 Å². The third-order valence-corrected chi connectivity index (χ3v) is 5.68. The summed E-state index contributed by atoms with van der Waals surface area (Å²) in [6.45, 7) is 1.77. The van der Waals surface area contributed by atoms with Gasteiger partial charge in [-0.2, -0.15) is 5.10 Å². The number of fused-ring (bicyclic) bond motifs is 1. The fourth-order valence-corrected chi connectivity index (χ4v) is 3.98. The van der Waals surface area contributed by atoms with Crippen LogP contribution < -0.4 is 10.1 Å². The number of aromatic amines is 1. The van der Waals surface area contributed by atoms with Crippen LogP contribution in [-0.4, -0.2) is 25.7 Å². The molecular formula is C26H21F2N5O2.